The van der Waals surface area contributed by atoms with E-state index in [0.717, 1.165) is 42.6 Å². The van der Waals surface area contributed by atoms with Crippen molar-refractivity contribution in [2.45, 2.75) is 50.6 Å². The summed E-state index contributed by atoms with van der Waals surface area (Å²) >= 11 is 3.25. The summed E-state index contributed by atoms with van der Waals surface area (Å²) in [6.45, 7) is 10.6. The number of aromatic nitrogens is 1. The van der Waals surface area contributed by atoms with Crippen LogP contribution >= 0.6 is 23.1 Å². The maximum Gasteiger partial charge on any atom is 0.251 e. The molecular formula is C29H39N5O4S2. The predicted octanol–water partition coefficient (Wildman–Crippen LogP) is 3.01. The molecule has 4 atom stereocenters. The number of ketones is 1. The molecule has 3 aliphatic heterocycles. The van der Waals surface area contributed by atoms with E-state index in [1.165, 1.54) is 0 Å². The molecule has 1 N–H and O–H groups in total. The van der Waals surface area contributed by atoms with E-state index in [4.69, 9.17) is 9.72 Å². The molecule has 3 fully saturated rings. The monoisotopic (exact) mass is 585 g/mol. The van der Waals surface area contributed by atoms with E-state index in [1.807, 2.05) is 39.2 Å². The molecule has 1 aromatic heterocycles. The van der Waals surface area contributed by atoms with Crippen LogP contribution in [0.1, 0.15) is 37.6 Å². The van der Waals surface area contributed by atoms with Gasteiger partial charge in [0.05, 0.1) is 17.0 Å². The van der Waals surface area contributed by atoms with Crippen LogP contribution in [0.5, 0.6) is 0 Å². The molecule has 0 spiro atoms. The van der Waals surface area contributed by atoms with Crippen molar-refractivity contribution in [2.24, 2.45) is 5.41 Å². The van der Waals surface area contributed by atoms with Crippen molar-refractivity contribution in [1.82, 2.24) is 20.1 Å². The Bertz CT molecular complexity index is 1240. The fourth-order valence-corrected chi connectivity index (χ4v) is 7.33. The van der Waals surface area contributed by atoms with E-state index < -0.39 is 12.1 Å². The van der Waals surface area contributed by atoms with E-state index in [-0.39, 0.29) is 41.0 Å². The molecule has 9 nitrogen and oxygen atoms in total. The molecule has 5 rings (SSSR count). The highest BCUT2D eigenvalue weighted by Crippen LogP contribution is 2.35. The smallest absolute Gasteiger partial charge is 0.251 e. The maximum absolute atomic E-state index is 13.8. The topological polar surface area (TPSA) is 95.1 Å². The number of carbonyl (C=O) groups excluding carboxylic acids is 3. The van der Waals surface area contributed by atoms with Crippen LogP contribution < -0.4 is 10.2 Å². The molecule has 216 valence electrons. The average Bonchev–Trinajstić information content (AvgIpc) is 3.65. The van der Waals surface area contributed by atoms with Crippen molar-refractivity contribution < 1.29 is 19.1 Å². The number of piperazine rings is 1. The van der Waals surface area contributed by atoms with Gasteiger partial charge in [0.2, 0.25) is 5.91 Å². The summed E-state index contributed by atoms with van der Waals surface area (Å²) < 4.78 is 5.73. The van der Waals surface area contributed by atoms with Crippen LogP contribution in [-0.2, 0) is 14.3 Å². The van der Waals surface area contributed by atoms with Crippen molar-refractivity contribution in [2.75, 3.05) is 57.5 Å². The summed E-state index contributed by atoms with van der Waals surface area (Å²) in [6.07, 6.45) is 2.14. The standard InChI is InChI=1S/C29H39N5O4S2/c1-29(2,3)14-20(27(37)34-15-23(39-5)25-24(34)22(35)16-38-25)30-26(36)19-8-6-18(7-9-19)21-17-40-28(31-21)33-12-10-32(4)11-13-33/h6-9,17,20,23-25H,10-16H2,1-5H3,(H,30,36)/t20-,23-,24+,25-/m0/s1. The van der Waals surface area contributed by atoms with Gasteiger partial charge in [-0.15, -0.1) is 11.3 Å². The van der Waals surface area contributed by atoms with Crippen LogP contribution in [0.25, 0.3) is 11.3 Å². The summed E-state index contributed by atoms with van der Waals surface area (Å²) in [4.78, 5) is 50.9. The second-order valence-electron chi connectivity index (χ2n) is 12.1. The maximum atomic E-state index is 13.8. The van der Waals surface area contributed by atoms with Gasteiger partial charge in [0, 0.05) is 49.2 Å². The van der Waals surface area contributed by atoms with E-state index in [9.17, 15) is 14.4 Å². The molecule has 0 radical (unpaired) electrons. The van der Waals surface area contributed by atoms with Gasteiger partial charge in [0.15, 0.2) is 10.9 Å². The molecule has 11 heteroatoms. The number of thiazole rings is 1. The van der Waals surface area contributed by atoms with Crippen LogP contribution in [0, 0.1) is 5.41 Å². The fraction of sp³-hybridized carbons (Fsp3) is 0.586. The molecule has 0 unspecified atom stereocenters. The molecule has 4 heterocycles. The van der Waals surface area contributed by atoms with Crippen LogP contribution in [0.3, 0.4) is 0 Å². The normalized spacial score (nSPS) is 24.3. The van der Waals surface area contributed by atoms with Gasteiger partial charge in [-0.3, -0.25) is 14.4 Å². The van der Waals surface area contributed by atoms with Gasteiger partial charge in [-0.05, 0) is 37.3 Å². The Hall–Kier alpha value is -2.47. The molecule has 40 heavy (non-hydrogen) atoms. The third kappa shape index (κ3) is 6.22. The van der Waals surface area contributed by atoms with Crippen LogP contribution in [0.4, 0.5) is 5.13 Å². The zero-order valence-corrected chi connectivity index (χ0v) is 25.5. The van der Waals surface area contributed by atoms with Crippen LogP contribution in [-0.4, -0.2) is 108 Å². The van der Waals surface area contributed by atoms with Crippen molar-refractivity contribution in [1.29, 1.82) is 0 Å². The SMILES string of the molecule is CS[C@H]1CN(C(=O)[C@H](CC(C)(C)C)NC(=O)c2ccc(-c3csc(N4CCN(C)CC4)n3)cc2)[C@@H]2C(=O)CO[C@@H]12. The molecule has 0 bridgehead atoms. The van der Waals surface area contributed by atoms with Gasteiger partial charge < -0.3 is 24.8 Å². The lowest BCUT2D eigenvalue weighted by Crippen LogP contribution is -2.53. The number of benzene rings is 1. The summed E-state index contributed by atoms with van der Waals surface area (Å²) in [7, 11) is 2.14. The second-order valence-corrected chi connectivity index (χ2v) is 14.0. The zero-order chi connectivity index (χ0) is 28.6. The number of carbonyl (C=O) groups is 3. The summed E-state index contributed by atoms with van der Waals surface area (Å²) in [5.41, 5.74) is 2.10. The minimum atomic E-state index is -0.744. The number of anilines is 1. The van der Waals surface area contributed by atoms with Crippen LogP contribution in [0.15, 0.2) is 29.6 Å². The number of ether oxygens (including phenoxy) is 1. The lowest BCUT2D eigenvalue weighted by molar-refractivity contribution is -0.138. The number of likely N-dealkylation sites (N-methyl/N-ethyl adjacent to an activating group) is 1. The predicted molar refractivity (Wildman–Crippen MR) is 160 cm³/mol. The minimum absolute atomic E-state index is 0.0364. The fourth-order valence-electron chi connectivity index (χ4n) is 5.63. The highest BCUT2D eigenvalue weighted by atomic mass is 32.2. The Morgan fingerprint density at radius 1 is 1.18 bits per heavy atom. The number of hydrogen-bond donors (Lipinski definition) is 1. The van der Waals surface area contributed by atoms with Crippen molar-refractivity contribution in [3.8, 4) is 11.3 Å². The Labute approximate surface area is 244 Å². The molecule has 1 aromatic carbocycles. The van der Waals surface area contributed by atoms with E-state index in [1.54, 1.807) is 40.1 Å². The number of rotatable bonds is 7. The quantitative estimate of drug-likeness (QED) is 0.530. The third-order valence-electron chi connectivity index (χ3n) is 7.85. The first-order chi connectivity index (χ1) is 19.0. The first-order valence-electron chi connectivity index (χ1n) is 13.8. The highest BCUT2D eigenvalue weighted by Gasteiger charge is 2.53. The van der Waals surface area contributed by atoms with Gasteiger partial charge in [0.25, 0.3) is 5.91 Å². The summed E-state index contributed by atoms with van der Waals surface area (Å²) in [6, 6.07) is 6.05. The molecule has 0 aliphatic carbocycles. The van der Waals surface area contributed by atoms with Gasteiger partial charge >= 0.3 is 0 Å². The van der Waals surface area contributed by atoms with E-state index in [2.05, 4.69) is 27.5 Å². The molecule has 0 saturated carbocycles. The van der Waals surface area contributed by atoms with Crippen molar-refractivity contribution >= 4 is 45.8 Å². The minimum Gasteiger partial charge on any atom is -0.367 e. The van der Waals surface area contributed by atoms with Gasteiger partial charge in [-0.25, -0.2) is 4.98 Å². The third-order valence-corrected chi connectivity index (χ3v) is 9.78. The molecule has 2 amide bonds. The first-order valence-corrected chi connectivity index (χ1v) is 16.0. The number of fused-ring (bicyclic) bond motifs is 1. The van der Waals surface area contributed by atoms with Crippen molar-refractivity contribution in [3.63, 3.8) is 0 Å². The van der Waals surface area contributed by atoms with Gasteiger partial charge in [-0.2, -0.15) is 11.8 Å². The number of amides is 2. The van der Waals surface area contributed by atoms with Gasteiger partial charge in [-0.1, -0.05) is 32.9 Å². The Kier molecular flexibility index (Phi) is 8.56. The lowest BCUT2D eigenvalue weighted by atomic mass is 9.87. The summed E-state index contributed by atoms with van der Waals surface area (Å²) in [5, 5.41) is 6.11. The van der Waals surface area contributed by atoms with Gasteiger partial charge in [0.1, 0.15) is 18.7 Å². The molecular weight excluding hydrogens is 546 g/mol. The largest absolute Gasteiger partial charge is 0.367 e. The highest BCUT2D eigenvalue weighted by molar-refractivity contribution is 7.99. The molecule has 3 aliphatic rings. The molecule has 3 saturated heterocycles. The number of nitrogens with one attached hydrogen (secondary N) is 1. The number of nitrogens with zero attached hydrogens (tertiary/aromatic N) is 4. The number of likely N-dealkylation sites (tertiary alicyclic amines) is 1. The second kappa shape index (κ2) is 11.8. The number of Topliss-reactive ketones (excluding diaryl/α,β-unsaturated/α-hetero) is 1. The zero-order valence-electron chi connectivity index (χ0n) is 23.9. The molecule has 2 aromatic rings. The Morgan fingerprint density at radius 3 is 2.52 bits per heavy atom. The Balaban J connectivity index is 1.28. The Morgan fingerprint density at radius 2 is 1.88 bits per heavy atom. The lowest BCUT2D eigenvalue weighted by Gasteiger charge is -2.32. The first kappa shape index (κ1) is 29.0. The number of hydrogen-bond acceptors (Lipinski definition) is 9. The van der Waals surface area contributed by atoms with Crippen LogP contribution in [0.2, 0.25) is 0 Å². The van der Waals surface area contributed by atoms with E-state index in [0.29, 0.717) is 18.5 Å². The number of thioether (sulfide) groups is 1. The van der Waals surface area contributed by atoms with E-state index >= 15 is 0 Å². The van der Waals surface area contributed by atoms with Crippen molar-refractivity contribution in [3.05, 3.63) is 35.2 Å². The average molecular weight is 586 g/mol. The summed E-state index contributed by atoms with van der Waals surface area (Å²) in [5.74, 6) is -0.593.